The van der Waals surface area contributed by atoms with Gasteiger partial charge in [-0.25, -0.2) is 4.79 Å². The summed E-state index contributed by atoms with van der Waals surface area (Å²) in [4.78, 5) is 13.6. The Morgan fingerprint density at radius 2 is 1.77 bits per heavy atom. The Hall–Kier alpha value is -3.02. The molecule has 6 heteroatoms. The van der Waals surface area contributed by atoms with Crippen molar-refractivity contribution in [2.24, 2.45) is 0 Å². The predicted octanol–water partition coefficient (Wildman–Crippen LogP) is 6.61. The number of hydrogen-bond acceptors (Lipinski definition) is 2. The molecule has 0 aromatic heterocycles. The van der Waals surface area contributed by atoms with Gasteiger partial charge < -0.3 is 4.74 Å². The summed E-state index contributed by atoms with van der Waals surface area (Å²) in [7, 11) is 0. The molecule has 0 aliphatic carbocycles. The molecule has 0 saturated heterocycles. The summed E-state index contributed by atoms with van der Waals surface area (Å²) in [5.74, 6) is 0. The van der Waals surface area contributed by atoms with Gasteiger partial charge in [0.15, 0.2) is 0 Å². The minimum Gasteiger partial charge on any atom is -0.443 e. The Labute approximate surface area is 174 Å². The van der Waals surface area contributed by atoms with Crippen LogP contribution in [0.15, 0.2) is 72.5 Å². The van der Waals surface area contributed by atoms with E-state index in [0.29, 0.717) is 18.5 Å². The molecule has 0 N–H and O–H groups in total. The molecule has 1 heterocycles. The number of benzene rings is 2. The molecule has 0 spiro atoms. The molecule has 1 amide bonds. The molecule has 0 atom stereocenters. The van der Waals surface area contributed by atoms with Crippen LogP contribution in [0, 0.1) is 0 Å². The van der Waals surface area contributed by atoms with Crippen molar-refractivity contribution in [3.63, 3.8) is 0 Å². The Morgan fingerprint density at radius 1 is 1.07 bits per heavy atom. The van der Waals surface area contributed by atoms with E-state index in [1.807, 2.05) is 6.08 Å². The van der Waals surface area contributed by atoms with Gasteiger partial charge in [0, 0.05) is 12.7 Å². The number of nitrogens with zero attached hydrogens (tertiary/aromatic N) is 1. The predicted molar refractivity (Wildman–Crippen MR) is 111 cm³/mol. The van der Waals surface area contributed by atoms with E-state index in [-0.39, 0.29) is 5.56 Å². The van der Waals surface area contributed by atoms with Crippen molar-refractivity contribution in [3.05, 3.63) is 83.6 Å². The first-order valence-corrected chi connectivity index (χ1v) is 9.65. The Bertz CT molecular complexity index is 970. The van der Waals surface area contributed by atoms with E-state index in [1.54, 1.807) is 69.4 Å². The monoisotopic (exact) mass is 415 g/mol. The van der Waals surface area contributed by atoms with Crippen molar-refractivity contribution in [3.8, 4) is 11.1 Å². The maximum absolute atomic E-state index is 13.5. The van der Waals surface area contributed by atoms with Gasteiger partial charge >= 0.3 is 12.3 Å². The highest BCUT2D eigenvalue weighted by molar-refractivity contribution is 5.71. The van der Waals surface area contributed by atoms with Crippen molar-refractivity contribution in [2.75, 3.05) is 6.54 Å². The van der Waals surface area contributed by atoms with E-state index >= 15 is 0 Å². The minimum absolute atomic E-state index is 0.163. The van der Waals surface area contributed by atoms with Crippen molar-refractivity contribution >= 4 is 6.09 Å². The van der Waals surface area contributed by atoms with Crippen molar-refractivity contribution in [1.29, 1.82) is 0 Å². The van der Waals surface area contributed by atoms with Gasteiger partial charge in [-0.15, -0.1) is 0 Å². The van der Waals surface area contributed by atoms with E-state index in [9.17, 15) is 18.0 Å². The smallest absolute Gasteiger partial charge is 0.417 e. The van der Waals surface area contributed by atoms with Crippen molar-refractivity contribution < 1.29 is 22.7 Å². The van der Waals surface area contributed by atoms with Gasteiger partial charge in [0.2, 0.25) is 0 Å². The molecule has 1 aliphatic heterocycles. The zero-order valence-corrected chi connectivity index (χ0v) is 17.2. The lowest BCUT2D eigenvalue weighted by Crippen LogP contribution is -2.34. The van der Waals surface area contributed by atoms with Crippen LogP contribution >= 0.6 is 0 Å². The van der Waals surface area contributed by atoms with Crippen LogP contribution in [0.3, 0.4) is 0 Å². The second-order valence-electron chi connectivity index (χ2n) is 8.15. The fourth-order valence-corrected chi connectivity index (χ4v) is 3.16. The van der Waals surface area contributed by atoms with Crippen LogP contribution in [0.4, 0.5) is 18.0 Å². The summed E-state index contributed by atoms with van der Waals surface area (Å²) in [5.41, 5.74) is 1.15. The summed E-state index contributed by atoms with van der Waals surface area (Å²) in [5, 5.41) is 0. The molecule has 2 aromatic carbocycles. The molecule has 0 fully saturated rings. The number of ether oxygens (including phenoxy) is 1. The fourth-order valence-electron chi connectivity index (χ4n) is 3.16. The van der Waals surface area contributed by atoms with Crippen LogP contribution in [0.1, 0.15) is 31.9 Å². The van der Waals surface area contributed by atoms with E-state index < -0.39 is 23.4 Å². The van der Waals surface area contributed by atoms with Crippen LogP contribution in [-0.4, -0.2) is 23.1 Å². The third kappa shape index (κ3) is 5.53. The normalized spacial score (nSPS) is 14.5. The summed E-state index contributed by atoms with van der Waals surface area (Å²) in [6.07, 6.45) is 0.913. The second kappa shape index (κ2) is 8.38. The number of hydrogen-bond donors (Lipinski definition) is 0. The highest BCUT2D eigenvalue weighted by Gasteiger charge is 2.33. The van der Waals surface area contributed by atoms with Crippen LogP contribution in [0.5, 0.6) is 0 Å². The average molecular weight is 415 g/mol. The lowest BCUT2D eigenvalue weighted by molar-refractivity contribution is -0.137. The second-order valence-corrected chi connectivity index (χ2v) is 8.15. The van der Waals surface area contributed by atoms with Gasteiger partial charge in [-0.05, 0) is 61.6 Å². The molecule has 30 heavy (non-hydrogen) atoms. The summed E-state index contributed by atoms with van der Waals surface area (Å²) >= 11 is 0. The van der Waals surface area contributed by atoms with Crippen LogP contribution in [0.2, 0.25) is 0 Å². The SMILES string of the molecule is CC(C)(C)OC(=O)N1C=CC(Cc2ccc(C(F)(F)F)c(-c3ccccc3)c2)=CC1. The molecule has 0 bridgehead atoms. The van der Waals surface area contributed by atoms with Gasteiger partial charge in [-0.2, -0.15) is 13.2 Å². The first kappa shape index (κ1) is 21.7. The first-order valence-electron chi connectivity index (χ1n) is 9.65. The van der Waals surface area contributed by atoms with E-state index in [1.165, 1.54) is 11.0 Å². The van der Waals surface area contributed by atoms with Crippen LogP contribution in [-0.2, 0) is 17.3 Å². The third-order valence-electron chi connectivity index (χ3n) is 4.53. The minimum atomic E-state index is -4.43. The highest BCUT2D eigenvalue weighted by Crippen LogP contribution is 2.38. The molecule has 158 valence electrons. The summed E-state index contributed by atoms with van der Waals surface area (Å²) < 4.78 is 45.8. The fraction of sp³-hybridized carbons (Fsp3) is 0.292. The maximum atomic E-state index is 13.5. The standard InChI is InChI=1S/C24H24F3NO2/c1-23(2,3)30-22(29)28-13-11-17(12-14-28)15-18-9-10-21(24(25,26)27)20(16-18)19-7-5-4-6-8-19/h4-13,16H,14-15H2,1-3H3. The summed E-state index contributed by atoms with van der Waals surface area (Å²) in [6, 6.07) is 12.8. The molecular weight excluding hydrogens is 391 g/mol. The average Bonchev–Trinajstić information content (AvgIpc) is 2.67. The Morgan fingerprint density at radius 3 is 2.33 bits per heavy atom. The molecule has 0 unspecified atom stereocenters. The molecule has 3 rings (SSSR count). The van der Waals surface area contributed by atoms with Crippen molar-refractivity contribution in [1.82, 2.24) is 4.90 Å². The zero-order chi connectivity index (χ0) is 21.9. The van der Waals surface area contributed by atoms with Gasteiger partial charge in [0.25, 0.3) is 0 Å². The largest absolute Gasteiger partial charge is 0.443 e. The quantitative estimate of drug-likeness (QED) is 0.565. The number of allylic oxidation sites excluding steroid dienone is 2. The van der Waals surface area contributed by atoms with E-state index in [0.717, 1.165) is 17.2 Å². The lowest BCUT2D eigenvalue weighted by atomic mass is 9.94. The molecule has 0 saturated carbocycles. The topological polar surface area (TPSA) is 29.5 Å². The van der Waals surface area contributed by atoms with Crippen LogP contribution < -0.4 is 0 Å². The Balaban J connectivity index is 1.78. The number of amides is 1. The zero-order valence-electron chi connectivity index (χ0n) is 17.2. The first-order chi connectivity index (χ1) is 14.0. The molecule has 3 nitrogen and oxygen atoms in total. The van der Waals surface area contributed by atoms with Gasteiger partial charge in [-0.1, -0.05) is 48.5 Å². The molecule has 2 aromatic rings. The molecule has 0 radical (unpaired) electrons. The van der Waals surface area contributed by atoms with Gasteiger partial charge in [-0.3, -0.25) is 4.90 Å². The molecule has 1 aliphatic rings. The number of carbonyl (C=O) groups is 1. The van der Waals surface area contributed by atoms with E-state index in [4.69, 9.17) is 4.74 Å². The maximum Gasteiger partial charge on any atom is 0.417 e. The number of alkyl halides is 3. The molecular formula is C24H24F3NO2. The van der Waals surface area contributed by atoms with Gasteiger partial charge in [0.1, 0.15) is 5.60 Å². The number of rotatable bonds is 3. The number of carbonyl (C=O) groups excluding carboxylic acids is 1. The summed E-state index contributed by atoms with van der Waals surface area (Å²) in [6.45, 7) is 5.76. The van der Waals surface area contributed by atoms with Crippen molar-refractivity contribution in [2.45, 2.75) is 39.0 Å². The van der Waals surface area contributed by atoms with Crippen LogP contribution in [0.25, 0.3) is 11.1 Å². The Kier molecular flexibility index (Phi) is 6.06. The van der Waals surface area contributed by atoms with Gasteiger partial charge in [0.05, 0.1) is 5.56 Å². The lowest BCUT2D eigenvalue weighted by Gasteiger charge is -2.26. The van der Waals surface area contributed by atoms with E-state index in [2.05, 4.69) is 0 Å². The highest BCUT2D eigenvalue weighted by atomic mass is 19.4. The number of halogens is 3. The third-order valence-corrected chi connectivity index (χ3v) is 4.53.